The third-order valence-corrected chi connectivity index (χ3v) is 4.76. The molecule has 3 rings (SSSR count). The molecule has 2 aliphatic rings. The summed E-state index contributed by atoms with van der Waals surface area (Å²) >= 11 is 0. The Kier molecular flexibility index (Phi) is 7.87. The highest BCUT2D eigenvalue weighted by Gasteiger charge is 2.23. The van der Waals surface area contributed by atoms with Crippen LogP contribution in [-0.4, -0.2) is 39.4 Å². The Bertz CT molecular complexity index is 675. The summed E-state index contributed by atoms with van der Waals surface area (Å²) in [5.41, 5.74) is 1.92. The van der Waals surface area contributed by atoms with Crippen molar-refractivity contribution in [1.29, 1.82) is 0 Å². The van der Waals surface area contributed by atoms with Crippen LogP contribution in [0.1, 0.15) is 18.8 Å². The molecule has 2 saturated heterocycles. The minimum absolute atomic E-state index is 0.223. The van der Waals surface area contributed by atoms with Gasteiger partial charge in [0.05, 0.1) is 38.3 Å². The summed E-state index contributed by atoms with van der Waals surface area (Å²) in [4.78, 5) is 0. The first-order valence-corrected chi connectivity index (χ1v) is 10.5. The Morgan fingerprint density at radius 2 is 1.70 bits per heavy atom. The molecule has 1 aromatic rings. The predicted molar refractivity (Wildman–Crippen MR) is 103 cm³/mol. The van der Waals surface area contributed by atoms with Gasteiger partial charge in [0.15, 0.2) is 12.6 Å². The Balaban J connectivity index is 1.45. The number of benzene rings is 1. The molecular weight excluding hydrogens is 367 g/mol. The smallest absolute Gasteiger partial charge is 0.286 e. The minimum Gasteiger partial charge on any atom is -0.447 e. The summed E-state index contributed by atoms with van der Waals surface area (Å²) in [7, 11) is -1.12. The lowest BCUT2D eigenvalue weighted by Gasteiger charge is -2.17. The summed E-state index contributed by atoms with van der Waals surface area (Å²) in [6, 6.07) is 7.70. The number of allylic oxidation sites excluding steroid dienone is 4. The van der Waals surface area contributed by atoms with Crippen molar-refractivity contribution in [3.63, 3.8) is 0 Å². The maximum absolute atomic E-state index is 5.93. The van der Waals surface area contributed by atoms with E-state index in [4.69, 9.17) is 28.0 Å². The molecule has 146 valence electrons. The molecule has 2 fully saturated rings. The van der Waals surface area contributed by atoms with E-state index >= 15 is 0 Å². The van der Waals surface area contributed by atoms with E-state index in [-0.39, 0.29) is 12.6 Å². The minimum atomic E-state index is -1.12. The van der Waals surface area contributed by atoms with E-state index in [1.54, 1.807) is 6.26 Å². The largest absolute Gasteiger partial charge is 0.447 e. The van der Waals surface area contributed by atoms with Gasteiger partial charge in [0.25, 0.3) is 8.38 Å². The topological polar surface area (TPSA) is 55.4 Å². The van der Waals surface area contributed by atoms with Gasteiger partial charge in [-0.25, -0.2) is 0 Å². The van der Waals surface area contributed by atoms with E-state index < -0.39 is 8.38 Å². The first kappa shape index (κ1) is 20.1. The molecule has 0 N–H and O–H groups in total. The van der Waals surface area contributed by atoms with E-state index in [0.29, 0.717) is 26.4 Å². The van der Waals surface area contributed by atoms with Gasteiger partial charge in [-0.3, -0.25) is 0 Å². The molecule has 0 saturated carbocycles. The Morgan fingerprint density at radius 1 is 1.00 bits per heavy atom. The van der Waals surface area contributed by atoms with Crippen LogP contribution in [0, 0.1) is 0 Å². The van der Waals surface area contributed by atoms with Crippen LogP contribution >= 0.6 is 8.38 Å². The summed E-state index contributed by atoms with van der Waals surface area (Å²) < 4.78 is 33.5. The number of hydrogen-bond donors (Lipinski definition) is 0. The lowest BCUT2D eigenvalue weighted by atomic mass is 10.2. The molecule has 0 bridgehead atoms. The van der Waals surface area contributed by atoms with Crippen LogP contribution in [0.15, 0.2) is 60.4 Å². The Morgan fingerprint density at radius 3 is 2.48 bits per heavy atom. The second-order valence-electron chi connectivity index (χ2n) is 5.95. The fraction of sp³-hybridized carbons (Fsp3) is 0.400. The van der Waals surface area contributed by atoms with Crippen molar-refractivity contribution in [3.8, 4) is 5.75 Å². The van der Waals surface area contributed by atoms with Gasteiger partial charge < -0.3 is 28.0 Å². The van der Waals surface area contributed by atoms with Crippen molar-refractivity contribution in [1.82, 2.24) is 0 Å². The third-order valence-electron chi connectivity index (χ3n) is 3.88. The highest BCUT2D eigenvalue weighted by Crippen LogP contribution is 2.40. The molecular formula is C20H25O6P. The average molecular weight is 392 g/mol. The van der Waals surface area contributed by atoms with Gasteiger partial charge in [0, 0.05) is 6.66 Å². The average Bonchev–Trinajstić information content (AvgIpc) is 3.39. The molecule has 2 heterocycles. The van der Waals surface area contributed by atoms with Gasteiger partial charge in [0.1, 0.15) is 5.75 Å². The number of ether oxygens (including phenoxy) is 4. The SMILES string of the molecule is C\C(=C/C=C\C=C\OP(C)Oc1ccccc1C1OCCO1)C1OCCO1. The number of para-hydroxylation sites is 1. The molecule has 1 unspecified atom stereocenters. The van der Waals surface area contributed by atoms with Crippen molar-refractivity contribution in [3.05, 3.63) is 66.0 Å². The van der Waals surface area contributed by atoms with Gasteiger partial charge in [-0.2, -0.15) is 0 Å². The predicted octanol–water partition coefficient (Wildman–Crippen LogP) is 4.46. The quantitative estimate of drug-likeness (QED) is 0.370. The second-order valence-corrected chi connectivity index (χ2v) is 7.22. The van der Waals surface area contributed by atoms with E-state index in [9.17, 15) is 0 Å². The van der Waals surface area contributed by atoms with E-state index in [0.717, 1.165) is 16.9 Å². The van der Waals surface area contributed by atoms with Crippen LogP contribution in [0.5, 0.6) is 5.75 Å². The van der Waals surface area contributed by atoms with Gasteiger partial charge in [-0.05, 0) is 24.6 Å². The molecule has 0 aliphatic carbocycles. The van der Waals surface area contributed by atoms with Gasteiger partial charge >= 0.3 is 0 Å². The summed E-state index contributed by atoms with van der Waals surface area (Å²) in [5.74, 6) is 0.720. The van der Waals surface area contributed by atoms with Crippen LogP contribution < -0.4 is 4.52 Å². The zero-order valence-electron chi connectivity index (χ0n) is 15.6. The van der Waals surface area contributed by atoms with Crippen molar-refractivity contribution in [2.45, 2.75) is 19.5 Å². The fourth-order valence-corrected chi connectivity index (χ4v) is 3.32. The molecule has 2 aliphatic heterocycles. The fourth-order valence-electron chi connectivity index (χ4n) is 2.59. The zero-order chi connectivity index (χ0) is 18.9. The molecule has 0 aromatic heterocycles. The van der Waals surface area contributed by atoms with Crippen molar-refractivity contribution >= 4 is 8.38 Å². The van der Waals surface area contributed by atoms with E-state index in [2.05, 4.69) is 0 Å². The van der Waals surface area contributed by atoms with Crippen molar-refractivity contribution < 1.29 is 28.0 Å². The second kappa shape index (κ2) is 10.6. The Labute approximate surface area is 161 Å². The highest BCUT2D eigenvalue weighted by atomic mass is 31.2. The lowest BCUT2D eigenvalue weighted by Crippen LogP contribution is -2.08. The maximum atomic E-state index is 5.93. The number of rotatable bonds is 8. The molecule has 7 heteroatoms. The zero-order valence-corrected chi connectivity index (χ0v) is 16.5. The number of hydrogen-bond acceptors (Lipinski definition) is 6. The molecule has 0 amide bonds. The van der Waals surface area contributed by atoms with E-state index in [1.165, 1.54) is 0 Å². The first-order chi connectivity index (χ1) is 13.2. The van der Waals surface area contributed by atoms with Gasteiger partial charge in [-0.1, -0.05) is 36.4 Å². The lowest BCUT2D eigenvalue weighted by molar-refractivity contribution is -0.0449. The molecule has 0 spiro atoms. The van der Waals surface area contributed by atoms with Crippen LogP contribution in [0.4, 0.5) is 0 Å². The van der Waals surface area contributed by atoms with Crippen molar-refractivity contribution in [2.75, 3.05) is 33.1 Å². The summed E-state index contributed by atoms with van der Waals surface area (Å²) in [6.45, 7) is 6.37. The van der Waals surface area contributed by atoms with Crippen LogP contribution in [0.2, 0.25) is 0 Å². The first-order valence-electron chi connectivity index (χ1n) is 8.88. The van der Waals surface area contributed by atoms with Crippen LogP contribution in [0.25, 0.3) is 0 Å². The normalized spacial score (nSPS) is 20.7. The van der Waals surface area contributed by atoms with Gasteiger partial charge in [0.2, 0.25) is 0 Å². The monoisotopic (exact) mass is 392 g/mol. The third kappa shape index (κ3) is 6.16. The highest BCUT2D eigenvalue weighted by molar-refractivity contribution is 7.46. The van der Waals surface area contributed by atoms with Crippen molar-refractivity contribution in [2.24, 2.45) is 0 Å². The van der Waals surface area contributed by atoms with Crippen LogP contribution in [0.3, 0.4) is 0 Å². The molecule has 1 atom stereocenters. The van der Waals surface area contributed by atoms with E-state index in [1.807, 2.05) is 62.2 Å². The maximum Gasteiger partial charge on any atom is 0.286 e. The molecule has 1 aromatic carbocycles. The summed E-state index contributed by atoms with van der Waals surface area (Å²) in [5, 5.41) is 0. The summed E-state index contributed by atoms with van der Waals surface area (Å²) in [6.07, 6.45) is 8.62. The molecule has 27 heavy (non-hydrogen) atoms. The molecule has 6 nitrogen and oxygen atoms in total. The molecule has 0 radical (unpaired) electrons. The Hall–Kier alpha value is -1.69. The standard InChI is InChI=1S/C20H25O6P/c1-16(19-21-12-13-22-19)8-4-3-7-11-25-27(2)26-18-10-6-5-9-17(18)20-23-14-15-24-20/h3-11,19-20H,12-15H2,1-2H3/b4-3-,11-7+,16-8+. The van der Waals surface area contributed by atoms with Gasteiger partial charge in [-0.15, -0.1) is 0 Å². The van der Waals surface area contributed by atoms with Crippen LogP contribution in [-0.2, 0) is 23.5 Å².